The van der Waals surface area contributed by atoms with Crippen LogP contribution in [0.5, 0.6) is 5.75 Å². The van der Waals surface area contributed by atoms with Crippen molar-refractivity contribution >= 4 is 23.6 Å². The van der Waals surface area contributed by atoms with Crippen molar-refractivity contribution < 1.29 is 19.4 Å². The first kappa shape index (κ1) is 17.9. The Labute approximate surface area is 145 Å². The van der Waals surface area contributed by atoms with Crippen LogP contribution in [-0.2, 0) is 22.6 Å². The molecular weight excluding hydrogens is 326 g/mol. The molecule has 0 aliphatic rings. The van der Waals surface area contributed by atoms with Crippen molar-refractivity contribution in [1.82, 2.24) is 5.32 Å². The average Bonchev–Trinajstić information content (AvgIpc) is 2.59. The van der Waals surface area contributed by atoms with E-state index < -0.39 is 5.97 Å². The zero-order valence-electron chi connectivity index (χ0n) is 13.3. The van der Waals surface area contributed by atoms with Crippen molar-refractivity contribution in [2.24, 2.45) is 0 Å². The van der Waals surface area contributed by atoms with Crippen LogP contribution in [0, 0.1) is 0 Å². The van der Waals surface area contributed by atoms with Gasteiger partial charge in [-0.05, 0) is 41.6 Å². The van der Waals surface area contributed by atoms with Crippen LogP contribution in [0.3, 0.4) is 0 Å². The second kappa shape index (κ2) is 8.98. The summed E-state index contributed by atoms with van der Waals surface area (Å²) in [4.78, 5) is 23.7. The Hall–Kier alpha value is -2.47. The summed E-state index contributed by atoms with van der Waals surface area (Å²) in [5.41, 5.74) is 1.81. The predicted molar refractivity (Wildman–Crippen MR) is 93.3 cm³/mol. The largest absolute Gasteiger partial charge is 0.482 e. The van der Waals surface area contributed by atoms with Gasteiger partial charge in [-0.1, -0.05) is 24.3 Å². The molecule has 5 nitrogen and oxygen atoms in total. The van der Waals surface area contributed by atoms with Crippen LogP contribution in [0.15, 0.2) is 53.4 Å². The van der Waals surface area contributed by atoms with Gasteiger partial charge in [-0.15, -0.1) is 11.8 Å². The highest BCUT2D eigenvalue weighted by molar-refractivity contribution is 7.98. The third-order valence-electron chi connectivity index (χ3n) is 3.27. The van der Waals surface area contributed by atoms with Crippen molar-refractivity contribution in [3.63, 3.8) is 0 Å². The predicted octanol–water partition coefficient (Wildman–Crippen LogP) is 2.73. The van der Waals surface area contributed by atoms with Crippen LogP contribution in [-0.4, -0.2) is 29.8 Å². The lowest BCUT2D eigenvalue weighted by molar-refractivity contribution is -0.139. The van der Waals surface area contributed by atoms with Gasteiger partial charge in [0.2, 0.25) is 5.91 Å². The maximum atomic E-state index is 12.0. The average molecular weight is 345 g/mol. The number of ether oxygens (including phenoxy) is 1. The van der Waals surface area contributed by atoms with Crippen LogP contribution >= 0.6 is 11.8 Å². The summed E-state index contributed by atoms with van der Waals surface area (Å²) in [6.07, 6.45) is 2.33. The smallest absolute Gasteiger partial charge is 0.341 e. The first-order valence-electron chi connectivity index (χ1n) is 7.40. The first-order chi connectivity index (χ1) is 11.6. The fourth-order valence-corrected chi connectivity index (χ4v) is 2.49. The molecule has 6 heteroatoms. The number of rotatable bonds is 8. The van der Waals surface area contributed by atoms with Crippen molar-refractivity contribution in [2.45, 2.75) is 17.9 Å². The van der Waals surface area contributed by atoms with Crippen molar-refractivity contribution in [1.29, 1.82) is 0 Å². The Bertz CT molecular complexity index is 700. The summed E-state index contributed by atoms with van der Waals surface area (Å²) in [6.45, 7) is -0.0200. The van der Waals surface area contributed by atoms with E-state index in [-0.39, 0.29) is 12.5 Å². The van der Waals surface area contributed by atoms with Crippen LogP contribution < -0.4 is 10.1 Å². The fourth-order valence-electron chi connectivity index (χ4n) is 2.08. The van der Waals surface area contributed by atoms with Gasteiger partial charge in [0.25, 0.3) is 0 Å². The number of nitrogens with one attached hydrogen (secondary N) is 1. The molecule has 1 amide bonds. The van der Waals surface area contributed by atoms with Gasteiger partial charge < -0.3 is 15.2 Å². The summed E-state index contributed by atoms with van der Waals surface area (Å²) in [6, 6.07) is 14.9. The molecule has 126 valence electrons. The number of hydrogen-bond donors (Lipinski definition) is 2. The van der Waals surface area contributed by atoms with Gasteiger partial charge in [0, 0.05) is 11.4 Å². The number of benzene rings is 2. The van der Waals surface area contributed by atoms with Crippen LogP contribution in [0.25, 0.3) is 0 Å². The summed E-state index contributed by atoms with van der Waals surface area (Å²) in [5, 5.41) is 11.5. The molecule has 0 spiro atoms. The minimum atomic E-state index is -1.03. The summed E-state index contributed by atoms with van der Waals surface area (Å²) in [5.74, 6) is -0.623. The fraction of sp³-hybridized carbons (Fsp3) is 0.222. The van der Waals surface area contributed by atoms with Gasteiger partial charge in [0.15, 0.2) is 6.61 Å². The third-order valence-corrected chi connectivity index (χ3v) is 4.02. The molecular formula is C18H19NO4S. The second-order valence-corrected chi connectivity index (χ2v) is 6.01. The van der Waals surface area contributed by atoms with Crippen LogP contribution in [0.4, 0.5) is 0 Å². The van der Waals surface area contributed by atoms with Gasteiger partial charge >= 0.3 is 5.97 Å². The summed E-state index contributed by atoms with van der Waals surface area (Å²) >= 11 is 1.66. The molecule has 2 aromatic rings. The molecule has 24 heavy (non-hydrogen) atoms. The lowest BCUT2D eigenvalue weighted by atomic mass is 10.1. The van der Waals surface area contributed by atoms with Crippen molar-refractivity contribution in [3.05, 3.63) is 59.7 Å². The van der Waals surface area contributed by atoms with Gasteiger partial charge in [-0.25, -0.2) is 4.79 Å². The third kappa shape index (κ3) is 5.96. The molecule has 0 atom stereocenters. The van der Waals surface area contributed by atoms with E-state index in [1.54, 1.807) is 30.0 Å². The minimum absolute atomic E-state index is 0.0660. The maximum Gasteiger partial charge on any atom is 0.341 e. The SMILES string of the molecule is CSc1ccc(CC(=O)NCc2cccc(OCC(=O)O)c2)cc1. The van der Waals surface area contributed by atoms with E-state index >= 15 is 0 Å². The topological polar surface area (TPSA) is 75.6 Å². The standard InChI is InChI=1S/C18H19NO4S/c1-24-16-7-5-13(6-8-16)10-17(20)19-11-14-3-2-4-15(9-14)23-12-18(21)22/h2-9H,10-12H2,1H3,(H,19,20)(H,21,22). The molecule has 2 rings (SSSR count). The highest BCUT2D eigenvalue weighted by Gasteiger charge is 2.05. The van der Waals surface area contributed by atoms with E-state index in [0.29, 0.717) is 18.7 Å². The van der Waals surface area contributed by atoms with E-state index in [9.17, 15) is 9.59 Å². The van der Waals surface area contributed by atoms with Crippen molar-refractivity contribution in [3.8, 4) is 5.75 Å². The highest BCUT2D eigenvalue weighted by atomic mass is 32.2. The molecule has 0 unspecified atom stereocenters. The Morgan fingerprint density at radius 1 is 1.12 bits per heavy atom. The molecule has 0 aromatic heterocycles. The summed E-state index contributed by atoms with van der Waals surface area (Å²) < 4.78 is 5.12. The number of hydrogen-bond acceptors (Lipinski definition) is 4. The molecule has 0 radical (unpaired) electrons. The number of aliphatic carboxylic acids is 1. The Kier molecular flexibility index (Phi) is 6.69. The minimum Gasteiger partial charge on any atom is -0.482 e. The van der Waals surface area contributed by atoms with E-state index in [1.807, 2.05) is 36.6 Å². The van der Waals surface area contributed by atoms with E-state index in [0.717, 1.165) is 16.0 Å². The van der Waals surface area contributed by atoms with Gasteiger partial charge in [0.05, 0.1) is 6.42 Å². The zero-order valence-corrected chi connectivity index (χ0v) is 14.1. The highest BCUT2D eigenvalue weighted by Crippen LogP contribution is 2.15. The Balaban J connectivity index is 1.84. The van der Waals surface area contributed by atoms with E-state index in [4.69, 9.17) is 9.84 Å². The lowest BCUT2D eigenvalue weighted by Gasteiger charge is -2.08. The Morgan fingerprint density at radius 2 is 1.88 bits per heavy atom. The second-order valence-electron chi connectivity index (χ2n) is 5.13. The molecule has 2 aromatic carbocycles. The van der Waals surface area contributed by atoms with Gasteiger partial charge in [-0.2, -0.15) is 0 Å². The summed E-state index contributed by atoms with van der Waals surface area (Å²) in [7, 11) is 0. The van der Waals surface area contributed by atoms with E-state index in [1.165, 1.54) is 0 Å². The maximum absolute atomic E-state index is 12.0. The zero-order chi connectivity index (χ0) is 17.4. The molecule has 0 saturated carbocycles. The number of carboxylic acids is 1. The van der Waals surface area contributed by atoms with E-state index in [2.05, 4.69) is 5.32 Å². The van der Waals surface area contributed by atoms with Crippen molar-refractivity contribution in [2.75, 3.05) is 12.9 Å². The number of thioether (sulfide) groups is 1. The molecule has 0 aliphatic carbocycles. The number of carbonyl (C=O) groups excluding carboxylic acids is 1. The molecule has 2 N–H and O–H groups in total. The lowest BCUT2D eigenvalue weighted by Crippen LogP contribution is -2.24. The molecule has 0 aliphatic heterocycles. The number of amides is 1. The number of carbonyl (C=O) groups is 2. The quantitative estimate of drug-likeness (QED) is 0.720. The van der Waals surface area contributed by atoms with Gasteiger partial charge in [-0.3, -0.25) is 4.79 Å². The first-order valence-corrected chi connectivity index (χ1v) is 8.62. The molecule has 0 heterocycles. The van der Waals surface area contributed by atoms with Crippen LogP contribution in [0.1, 0.15) is 11.1 Å². The van der Waals surface area contributed by atoms with Gasteiger partial charge in [0.1, 0.15) is 5.75 Å². The Morgan fingerprint density at radius 3 is 2.54 bits per heavy atom. The molecule has 0 bridgehead atoms. The number of carboxylic acid groups (broad SMARTS) is 1. The monoisotopic (exact) mass is 345 g/mol. The van der Waals surface area contributed by atoms with Crippen LogP contribution in [0.2, 0.25) is 0 Å². The molecule has 0 saturated heterocycles. The molecule has 0 fully saturated rings. The normalized spacial score (nSPS) is 10.2.